The molecule has 0 aliphatic rings. The molecule has 0 spiro atoms. The fourth-order valence-electron chi connectivity index (χ4n) is 2.13. The monoisotopic (exact) mass is 283 g/mol. The molecule has 110 valence electrons. The van der Waals surface area contributed by atoms with Gasteiger partial charge >= 0.3 is 0 Å². The van der Waals surface area contributed by atoms with Crippen molar-refractivity contribution in [2.24, 2.45) is 10.7 Å². The van der Waals surface area contributed by atoms with Crippen molar-refractivity contribution < 1.29 is 4.74 Å². The maximum Gasteiger partial charge on any atom is 0.193 e. The fraction of sp³-hybridized carbons (Fsp3) is 0.235. The number of nitrogens with zero attached hydrogens (tertiary/aromatic N) is 1. The maximum absolute atomic E-state index is 5.91. The number of rotatable bonds is 4. The zero-order chi connectivity index (χ0) is 15.2. The Hall–Kier alpha value is -2.49. The number of methoxy groups -OCH3 is 1. The van der Waals surface area contributed by atoms with Crippen LogP contribution in [0.5, 0.6) is 5.75 Å². The van der Waals surface area contributed by atoms with E-state index in [-0.39, 0.29) is 0 Å². The first-order valence-corrected chi connectivity index (χ1v) is 6.85. The van der Waals surface area contributed by atoms with Gasteiger partial charge in [-0.25, -0.2) is 4.99 Å². The zero-order valence-electron chi connectivity index (χ0n) is 12.7. The molecule has 0 fully saturated rings. The van der Waals surface area contributed by atoms with Crippen molar-refractivity contribution in [2.45, 2.75) is 20.4 Å². The van der Waals surface area contributed by atoms with Gasteiger partial charge in [0.2, 0.25) is 0 Å². The zero-order valence-corrected chi connectivity index (χ0v) is 12.7. The van der Waals surface area contributed by atoms with Gasteiger partial charge in [-0.2, -0.15) is 0 Å². The van der Waals surface area contributed by atoms with Gasteiger partial charge in [0.1, 0.15) is 5.75 Å². The summed E-state index contributed by atoms with van der Waals surface area (Å²) in [4.78, 5) is 4.36. The van der Waals surface area contributed by atoms with Crippen LogP contribution in [0.25, 0.3) is 0 Å². The Kier molecular flexibility index (Phi) is 4.82. The smallest absolute Gasteiger partial charge is 0.193 e. The predicted molar refractivity (Wildman–Crippen MR) is 87.9 cm³/mol. The Labute approximate surface area is 125 Å². The van der Waals surface area contributed by atoms with E-state index in [0.29, 0.717) is 12.5 Å². The number of benzene rings is 2. The quantitative estimate of drug-likeness (QED) is 0.669. The molecule has 0 atom stereocenters. The van der Waals surface area contributed by atoms with Crippen molar-refractivity contribution in [2.75, 3.05) is 12.4 Å². The summed E-state index contributed by atoms with van der Waals surface area (Å²) in [6, 6.07) is 14.0. The van der Waals surface area contributed by atoms with Crippen molar-refractivity contribution in [3.63, 3.8) is 0 Å². The van der Waals surface area contributed by atoms with Crippen LogP contribution in [0.1, 0.15) is 16.7 Å². The van der Waals surface area contributed by atoms with Gasteiger partial charge in [0.05, 0.1) is 13.7 Å². The van der Waals surface area contributed by atoms with E-state index in [1.54, 1.807) is 7.11 Å². The Morgan fingerprint density at radius 1 is 1.19 bits per heavy atom. The number of hydrogen-bond donors (Lipinski definition) is 2. The summed E-state index contributed by atoms with van der Waals surface area (Å²) in [5.74, 6) is 1.29. The van der Waals surface area contributed by atoms with E-state index >= 15 is 0 Å². The molecule has 0 aliphatic carbocycles. The summed E-state index contributed by atoms with van der Waals surface area (Å²) in [6.07, 6.45) is 0. The molecule has 0 saturated heterocycles. The second-order valence-electron chi connectivity index (χ2n) is 5.00. The minimum atomic E-state index is 0.411. The minimum absolute atomic E-state index is 0.411. The molecule has 2 aromatic carbocycles. The van der Waals surface area contributed by atoms with E-state index in [0.717, 1.165) is 22.6 Å². The molecule has 0 unspecified atom stereocenters. The Bertz CT molecular complexity index is 650. The number of guanidine groups is 1. The van der Waals surface area contributed by atoms with Crippen molar-refractivity contribution in [1.29, 1.82) is 0 Å². The summed E-state index contributed by atoms with van der Waals surface area (Å²) < 4.78 is 5.24. The largest absolute Gasteiger partial charge is 0.496 e. The predicted octanol–water partition coefficient (Wildman–Crippen LogP) is 3.24. The standard InChI is InChI=1S/C17H21N3O/c1-12-5-4-6-15(9-12)20-17(18)19-11-14-7-8-16(21-3)13(2)10-14/h4-10H,11H2,1-3H3,(H3,18,19,20). The molecule has 0 aliphatic heterocycles. The second kappa shape index (κ2) is 6.79. The van der Waals surface area contributed by atoms with Gasteiger partial charge < -0.3 is 15.8 Å². The molecule has 4 heteroatoms. The summed E-state index contributed by atoms with van der Waals surface area (Å²) in [6.45, 7) is 4.59. The van der Waals surface area contributed by atoms with Crippen LogP contribution < -0.4 is 15.8 Å². The molecule has 2 aromatic rings. The van der Waals surface area contributed by atoms with E-state index < -0.39 is 0 Å². The normalized spacial score (nSPS) is 11.3. The average molecular weight is 283 g/mol. The van der Waals surface area contributed by atoms with Crippen LogP contribution in [0.2, 0.25) is 0 Å². The minimum Gasteiger partial charge on any atom is -0.496 e. The number of aryl methyl sites for hydroxylation is 2. The summed E-state index contributed by atoms with van der Waals surface area (Å²) in [7, 11) is 1.67. The molecule has 0 saturated carbocycles. The third-order valence-electron chi connectivity index (χ3n) is 3.18. The number of aliphatic imine (C=N–C) groups is 1. The molecule has 2 rings (SSSR count). The summed E-state index contributed by atoms with van der Waals surface area (Å²) in [5.41, 5.74) is 10.2. The molecule has 0 heterocycles. The highest BCUT2D eigenvalue weighted by Crippen LogP contribution is 2.18. The van der Waals surface area contributed by atoms with Gasteiger partial charge in [-0.3, -0.25) is 0 Å². The lowest BCUT2D eigenvalue weighted by Crippen LogP contribution is -2.22. The maximum atomic E-state index is 5.91. The van der Waals surface area contributed by atoms with Gasteiger partial charge in [0, 0.05) is 5.69 Å². The first kappa shape index (κ1) is 14.9. The lowest BCUT2D eigenvalue weighted by atomic mass is 10.1. The van der Waals surface area contributed by atoms with E-state index in [9.17, 15) is 0 Å². The van der Waals surface area contributed by atoms with Gasteiger partial charge in [-0.05, 0) is 48.7 Å². The van der Waals surface area contributed by atoms with E-state index in [1.165, 1.54) is 5.56 Å². The third-order valence-corrected chi connectivity index (χ3v) is 3.18. The second-order valence-corrected chi connectivity index (χ2v) is 5.00. The van der Waals surface area contributed by atoms with Crippen molar-refractivity contribution in [3.8, 4) is 5.75 Å². The molecule has 0 radical (unpaired) electrons. The SMILES string of the molecule is COc1ccc(CN=C(N)Nc2cccc(C)c2)cc1C. The van der Waals surface area contributed by atoms with Gasteiger partial charge in [-0.1, -0.05) is 24.3 Å². The highest BCUT2D eigenvalue weighted by molar-refractivity contribution is 5.92. The lowest BCUT2D eigenvalue weighted by Gasteiger charge is -2.08. The molecule has 0 amide bonds. The van der Waals surface area contributed by atoms with E-state index in [4.69, 9.17) is 10.5 Å². The number of nitrogens with two attached hydrogens (primary N) is 1. The van der Waals surface area contributed by atoms with Gasteiger partial charge in [0.25, 0.3) is 0 Å². The number of hydrogen-bond acceptors (Lipinski definition) is 2. The van der Waals surface area contributed by atoms with Gasteiger partial charge in [0.15, 0.2) is 5.96 Å². The first-order chi connectivity index (χ1) is 10.1. The van der Waals surface area contributed by atoms with Crippen LogP contribution >= 0.6 is 0 Å². The van der Waals surface area contributed by atoms with Crippen molar-refractivity contribution in [1.82, 2.24) is 0 Å². The Balaban J connectivity index is 2.01. The molecule has 3 N–H and O–H groups in total. The Morgan fingerprint density at radius 3 is 2.67 bits per heavy atom. The average Bonchev–Trinajstić information content (AvgIpc) is 2.45. The highest BCUT2D eigenvalue weighted by atomic mass is 16.5. The van der Waals surface area contributed by atoms with E-state index in [1.807, 2.05) is 50.2 Å². The Morgan fingerprint density at radius 2 is 2.00 bits per heavy atom. The molecule has 21 heavy (non-hydrogen) atoms. The topological polar surface area (TPSA) is 59.6 Å². The molecule has 0 aromatic heterocycles. The van der Waals surface area contributed by atoms with Gasteiger partial charge in [-0.15, -0.1) is 0 Å². The fourth-order valence-corrected chi connectivity index (χ4v) is 2.13. The van der Waals surface area contributed by atoms with E-state index in [2.05, 4.69) is 16.4 Å². The number of ether oxygens (including phenoxy) is 1. The summed E-state index contributed by atoms with van der Waals surface area (Å²) >= 11 is 0. The van der Waals surface area contributed by atoms with Crippen LogP contribution in [-0.4, -0.2) is 13.1 Å². The molecular formula is C17H21N3O. The van der Waals surface area contributed by atoms with Crippen LogP contribution in [0.15, 0.2) is 47.5 Å². The number of anilines is 1. The van der Waals surface area contributed by atoms with Crippen LogP contribution in [-0.2, 0) is 6.54 Å². The summed E-state index contributed by atoms with van der Waals surface area (Å²) in [5, 5.41) is 3.09. The van der Waals surface area contributed by atoms with Crippen LogP contribution in [0, 0.1) is 13.8 Å². The first-order valence-electron chi connectivity index (χ1n) is 6.85. The molecule has 4 nitrogen and oxygen atoms in total. The highest BCUT2D eigenvalue weighted by Gasteiger charge is 2.00. The molecular weight excluding hydrogens is 262 g/mol. The lowest BCUT2D eigenvalue weighted by molar-refractivity contribution is 0.411. The van der Waals surface area contributed by atoms with Crippen LogP contribution in [0.3, 0.4) is 0 Å². The molecule has 0 bridgehead atoms. The third kappa shape index (κ3) is 4.24. The van der Waals surface area contributed by atoms with Crippen molar-refractivity contribution in [3.05, 3.63) is 59.2 Å². The van der Waals surface area contributed by atoms with Crippen molar-refractivity contribution >= 4 is 11.6 Å². The van der Waals surface area contributed by atoms with Crippen LogP contribution in [0.4, 0.5) is 5.69 Å². The number of nitrogens with one attached hydrogen (secondary N) is 1.